The molecular weight excluding hydrogens is 301 g/mol. The van der Waals surface area contributed by atoms with Crippen molar-refractivity contribution in [2.45, 2.75) is 13.1 Å². The van der Waals surface area contributed by atoms with Crippen LogP contribution in [0.2, 0.25) is 5.02 Å². The zero-order valence-electron chi connectivity index (χ0n) is 11.1. The monoisotopic (exact) mass is 312 g/mol. The van der Waals surface area contributed by atoms with Crippen LogP contribution >= 0.6 is 11.6 Å². The molecule has 6 heteroatoms. The minimum absolute atomic E-state index is 0.00397. The first-order valence-corrected chi connectivity index (χ1v) is 6.47. The lowest BCUT2D eigenvalue weighted by Crippen LogP contribution is -2.08. The van der Waals surface area contributed by atoms with Crippen LogP contribution in [0.4, 0.5) is 18.9 Å². The molecule has 1 N–H and O–H groups in total. The van der Waals surface area contributed by atoms with Crippen molar-refractivity contribution in [1.29, 1.82) is 0 Å². The lowest BCUT2D eigenvalue weighted by molar-refractivity contribution is -0.137. The standard InChI is InChI=1S/C15H12ClF3N2/c1-10-6-7-12(8-14(10)16)21-20-9-11-4-2-3-5-13(11)15(17,18)19/h2-9,21H,1H3/b20-9+. The Morgan fingerprint density at radius 3 is 2.52 bits per heavy atom. The normalized spacial score (nSPS) is 11.9. The van der Waals surface area contributed by atoms with Gasteiger partial charge in [0.15, 0.2) is 0 Å². The summed E-state index contributed by atoms with van der Waals surface area (Å²) >= 11 is 5.95. The summed E-state index contributed by atoms with van der Waals surface area (Å²) < 4.78 is 38.4. The number of hydrogen-bond acceptors (Lipinski definition) is 2. The second-order valence-corrected chi connectivity index (χ2v) is 4.83. The number of hydrogen-bond donors (Lipinski definition) is 1. The summed E-state index contributed by atoms with van der Waals surface area (Å²) in [6, 6.07) is 10.4. The maximum atomic E-state index is 12.8. The van der Waals surface area contributed by atoms with E-state index >= 15 is 0 Å². The van der Waals surface area contributed by atoms with Crippen molar-refractivity contribution in [2.24, 2.45) is 5.10 Å². The van der Waals surface area contributed by atoms with Gasteiger partial charge in [0.1, 0.15) is 0 Å². The summed E-state index contributed by atoms with van der Waals surface area (Å²) in [5.74, 6) is 0. The number of hydrazone groups is 1. The molecule has 0 aliphatic carbocycles. The van der Waals surface area contributed by atoms with Gasteiger partial charge >= 0.3 is 6.18 Å². The first-order chi connectivity index (χ1) is 9.88. The van der Waals surface area contributed by atoms with Crippen molar-refractivity contribution < 1.29 is 13.2 Å². The van der Waals surface area contributed by atoms with Gasteiger partial charge in [-0.15, -0.1) is 0 Å². The number of benzene rings is 2. The molecule has 0 aromatic heterocycles. The zero-order valence-corrected chi connectivity index (χ0v) is 11.8. The van der Waals surface area contributed by atoms with E-state index in [1.807, 2.05) is 6.92 Å². The Labute approximate surface area is 125 Å². The molecule has 0 aliphatic heterocycles. The number of anilines is 1. The number of nitrogens with one attached hydrogen (secondary N) is 1. The zero-order chi connectivity index (χ0) is 15.5. The van der Waals surface area contributed by atoms with Crippen LogP contribution in [0.3, 0.4) is 0 Å². The van der Waals surface area contributed by atoms with Crippen molar-refractivity contribution in [3.63, 3.8) is 0 Å². The van der Waals surface area contributed by atoms with Gasteiger partial charge < -0.3 is 0 Å². The molecule has 0 saturated heterocycles. The quantitative estimate of drug-likeness (QED) is 0.618. The van der Waals surface area contributed by atoms with E-state index in [2.05, 4.69) is 10.5 Å². The molecule has 0 atom stereocenters. The average Bonchev–Trinajstić information content (AvgIpc) is 2.42. The summed E-state index contributed by atoms with van der Waals surface area (Å²) in [6.45, 7) is 1.86. The van der Waals surface area contributed by atoms with Crippen LogP contribution in [-0.2, 0) is 6.18 Å². The number of nitrogens with zero attached hydrogens (tertiary/aromatic N) is 1. The molecule has 2 rings (SSSR count). The van der Waals surface area contributed by atoms with E-state index in [0.29, 0.717) is 10.7 Å². The Hall–Kier alpha value is -2.01. The smallest absolute Gasteiger partial charge is 0.278 e. The van der Waals surface area contributed by atoms with Gasteiger partial charge in [-0.05, 0) is 30.7 Å². The van der Waals surface area contributed by atoms with Gasteiger partial charge in [0.05, 0.1) is 17.5 Å². The highest BCUT2D eigenvalue weighted by molar-refractivity contribution is 6.31. The van der Waals surface area contributed by atoms with E-state index in [1.165, 1.54) is 18.2 Å². The molecule has 0 bridgehead atoms. The van der Waals surface area contributed by atoms with Gasteiger partial charge in [0.2, 0.25) is 0 Å². The van der Waals surface area contributed by atoms with E-state index in [0.717, 1.165) is 17.8 Å². The summed E-state index contributed by atoms with van der Waals surface area (Å²) in [6.07, 6.45) is -3.27. The fraction of sp³-hybridized carbons (Fsp3) is 0.133. The molecule has 0 amide bonds. The minimum atomic E-state index is -4.41. The SMILES string of the molecule is Cc1ccc(N/N=C/c2ccccc2C(F)(F)F)cc1Cl. The number of alkyl halides is 3. The van der Waals surface area contributed by atoms with E-state index in [1.54, 1.807) is 18.2 Å². The fourth-order valence-electron chi connectivity index (χ4n) is 1.71. The molecule has 2 nitrogen and oxygen atoms in total. The highest BCUT2D eigenvalue weighted by atomic mass is 35.5. The first-order valence-electron chi connectivity index (χ1n) is 6.09. The van der Waals surface area contributed by atoms with Crippen LogP contribution in [0.15, 0.2) is 47.6 Å². The van der Waals surface area contributed by atoms with Gasteiger partial charge in [0.25, 0.3) is 0 Å². The third-order valence-electron chi connectivity index (χ3n) is 2.84. The van der Waals surface area contributed by atoms with Crippen molar-refractivity contribution in [3.05, 3.63) is 64.2 Å². The van der Waals surface area contributed by atoms with Gasteiger partial charge in [0, 0.05) is 10.6 Å². The minimum Gasteiger partial charge on any atom is -0.278 e. The Morgan fingerprint density at radius 2 is 1.86 bits per heavy atom. The summed E-state index contributed by atoms with van der Waals surface area (Å²) in [5.41, 5.74) is 3.44. The summed E-state index contributed by atoms with van der Waals surface area (Å²) in [5, 5.41) is 4.38. The van der Waals surface area contributed by atoms with E-state index in [4.69, 9.17) is 11.6 Å². The molecule has 0 radical (unpaired) electrons. The van der Waals surface area contributed by atoms with E-state index < -0.39 is 11.7 Å². The third-order valence-corrected chi connectivity index (χ3v) is 3.24. The predicted octanol–water partition coefficient (Wildman–Crippen LogP) is 5.11. The van der Waals surface area contributed by atoms with Crippen LogP contribution in [0, 0.1) is 6.92 Å². The summed E-state index contributed by atoms with van der Waals surface area (Å²) in [4.78, 5) is 0. The second kappa shape index (κ2) is 6.18. The summed E-state index contributed by atoms with van der Waals surface area (Å²) in [7, 11) is 0. The highest BCUT2D eigenvalue weighted by Crippen LogP contribution is 2.31. The van der Waals surface area contributed by atoms with Gasteiger partial charge in [-0.1, -0.05) is 35.9 Å². The molecule has 0 saturated carbocycles. The average molecular weight is 313 g/mol. The van der Waals surface area contributed by atoms with Gasteiger partial charge in [-0.2, -0.15) is 18.3 Å². The Balaban J connectivity index is 2.17. The predicted molar refractivity (Wildman–Crippen MR) is 78.8 cm³/mol. The molecule has 110 valence electrons. The van der Waals surface area contributed by atoms with Crippen molar-refractivity contribution in [3.8, 4) is 0 Å². The molecule has 0 aliphatic rings. The molecule has 21 heavy (non-hydrogen) atoms. The molecule has 2 aromatic rings. The number of halogens is 4. The Morgan fingerprint density at radius 1 is 1.14 bits per heavy atom. The van der Waals surface area contributed by atoms with Crippen LogP contribution in [-0.4, -0.2) is 6.21 Å². The molecule has 0 heterocycles. The molecular formula is C15H12ClF3N2. The second-order valence-electron chi connectivity index (χ2n) is 4.42. The van der Waals surface area contributed by atoms with Crippen molar-refractivity contribution in [2.75, 3.05) is 5.43 Å². The van der Waals surface area contributed by atoms with Crippen LogP contribution < -0.4 is 5.43 Å². The van der Waals surface area contributed by atoms with Crippen molar-refractivity contribution >= 4 is 23.5 Å². The molecule has 0 fully saturated rings. The van der Waals surface area contributed by atoms with Crippen molar-refractivity contribution in [1.82, 2.24) is 0 Å². The number of aryl methyl sites for hydroxylation is 1. The van der Waals surface area contributed by atoms with Crippen LogP contribution in [0.5, 0.6) is 0 Å². The maximum Gasteiger partial charge on any atom is 0.417 e. The molecule has 0 spiro atoms. The largest absolute Gasteiger partial charge is 0.417 e. The lowest BCUT2D eigenvalue weighted by atomic mass is 10.1. The third kappa shape index (κ3) is 3.98. The van der Waals surface area contributed by atoms with Gasteiger partial charge in [-0.25, -0.2) is 0 Å². The first kappa shape index (κ1) is 15.4. The highest BCUT2D eigenvalue weighted by Gasteiger charge is 2.32. The van der Waals surface area contributed by atoms with E-state index in [9.17, 15) is 13.2 Å². The Bertz CT molecular complexity index is 666. The molecule has 0 unspecified atom stereocenters. The maximum absolute atomic E-state index is 12.8. The van der Waals surface area contributed by atoms with Crippen LogP contribution in [0.1, 0.15) is 16.7 Å². The van der Waals surface area contributed by atoms with Gasteiger partial charge in [-0.3, -0.25) is 5.43 Å². The van der Waals surface area contributed by atoms with Crippen LogP contribution in [0.25, 0.3) is 0 Å². The Kier molecular flexibility index (Phi) is 4.53. The number of rotatable bonds is 3. The molecule has 2 aromatic carbocycles. The fourth-order valence-corrected chi connectivity index (χ4v) is 1.89. The topological polar surface area (TPSA) is 24.4 Å². The lowest BCUT2D eigenvalue weighted by Gasteiger charge is -2.09. The van der Waals surface area contributed by atoms with E-state index in [-0.39, 0.29) is 5.56 Å².